The first-order chi connectivity index (χ1) is 7.80. The van der Waals surface area contributed by atoms with E-state index in [-0.39, 0.29) is 11.0 Å². The summed E-state index contributed by atoms with van der Waals surface area (Å²) in [4.78, 5) is 24.3. The number of benzene rings is 1. The number of alkyl halides is 3. The van der Waals surface area contributed by atoms with Crippen molar-refractivity contribution in [2.24, 2.45) is 0 Å². The van der Waals surface area contributed by atoms with Crippen LogP contribution < -0.4 is 11.1 Å². The highest BCUT2D eigenvalue weighted by molar-refractivity contribution is 6.18. The molecular formula is C9H4ClF3N2O2. The average molecular weight is 265 g/mol. The molecule has 4 nitrogen and oxygen atoms in total. The van der Waals surface area contributed by atoms with Crippen molar-refractivity contribution in [2.45, 2.75) is 6.18 Å². The standard InChI is InChI=1S/C9H4ClF3N2O2/c10-15-6-3-4(9(11,12)13)1-2-5(6)14-7(16)8(15)17/h1-3H,(H,14,16). The summed E-state index contributed by atoms with van der Waals surface area (Å²) in [5.41, 5.74) is -3.22. The van der Waals surface area contributed by atoms with E-state index in [1.54, 1.807) is 0 Å². The van der Waals surface area contributed by atoms with Gasteiger partial charge in [-0.2, -0.15) is 13.2 Å². The number of aromatic nitrogens is 2. The molecule has 0 saturated carbocycles. The molecule has 0 atom stereocenters. The Morgan fingerprint density at radius 3 is 2.47 bits per heavy atom. The summed E-state index contributed by atoms with van der Waals surface area (Å²) in [6.45, 7) is 0. The van der Waals surface area contributed by atoms with Crippen LogP contribution in [0.2, 0.25) is 0 Å². The summed E-state index contributed by atoms with van der Waals surface area (Å²) in [7, 11) is 0. The van der Waals surface area contributed by atoms with Crippen LogP contribution in [0.25, 0.3) is 11.0 Å². The third-order valence-electron chi connectivity index (χ3n) is 2.16. The molecule has 17 heavy (non-hydrogen) atoms. The molecule has 0 aliphatic heterocycles. The topological polar surface area (TPSA) is 54.9 Å². The molecule has 0 bridgehead atoms. The quantitative estimate of drug-likeness (QED) is 0.737. The maximum absolute atomic E-state index is 12.4. The summed E-state index contributed by atoms with van der Waals surface area (Å²) in [5, 5.41) is 0. The molecule has 2 rings (SSSR count). The summed E-state index contributed by atoms with van der Waals surface area (Å²) in [6.07, 6.45) is -4.54. The molecular weight excluding hydrogens is 261 g/mol. The predicted octanol–water partition coefficient (Wildman–Crippen LogP) is 1.71. The molecule has 8 heteroatoms. The van der Waals surface area contributed by atoms with Crippen LogP contribution in [0.1, 0.15) is 5.56 Å². The van der Waals surface area contributed by atoms with Crippen LogP contribution >= 0.6 is 11.8 Å². The number of aromatic amines is 1. The minimum Gasteiger partial charge on any atom is -0.316 e. The van der Waals surface area contributed by atoms with Crippen molar-refractivity contribution >= 4 is 22.8 Å². The zero-order valence-electron chi connectivity index (χ0n) is 8.01. The van der Waals surface area contributed by atoms with Gasteiger partial charge in [0.25, 0.3) is 0 Å². The Morgan fingerprint density at radius 1 is 1.24 bits per heavy atom. The SMILES string of the molecule is O=c1[nH]c2ccc(C(F)(F)F)cc2n(Cl)c1=O. The number of halogens is 4. The lowest BCUT2D eigenvalue weighted by Gasteiger charge is -2.08. The molecule has 90 valence electrons. The van der Waals surface area contributed by atoms with Crippen molar-refractivity contribution < 1.29 is 13.2 Å². The highest BCUT2D eigenvalue weighted by Crippen LogP contribution is 2.30. The van der Waals surface area contributed by atoms with Gasteiger partial charge in [-0.3, -0.25) is 9.59 Å². The Bertz CT molecular complexity index is 702. The molecule has 0 spiro atoms. The van der Waals surface area contributed by atoms with E-state index in [2.05, 4.69) is 4.98 Å². The van der Waals surface area contributed by atoms with Crippen LogP contribution in [-0.2, 0) is 6.18 Å². The lowest BCUT2D eigenvalue weighted by atomic mass is 10.2. The summed E-state index contributed by atoms with van der Waals surface area (Å²) < 4.78 is 37.6. The van der Waals surface area contributed by atoms with Gasteiger partial charge in [0, 0.05) is 11.8 Å². The van der Waals surface area contributed by atoms with Gasteiger partial charge < -0.3 is 4.98 Å². The summed E-state index contributed by atoms with van der Waals surface area (Å²) >= 11 is 5.47. The third-order valence-corrected chi connectivity index (χ3v) is 2.49. The molecule has 1 heterocycles. The van der Waals surface area contributed by atoms with Crippen molar-refractivity contribution in [2.75, 3.05) is 0 Å². The Morgan fingerprint density at radius 2 is 1.88 bits per heavy atom. The number of hydrogen-bond donors (Lipinski definition) is 1. The molecule has 1 aromatic heterocycles. The van der Waals surface area contributed by atoms with Gasteiger partial charge in [0.05, 0.1) is 16.6 Å². The number of nitrogens with one attached hydrogen (secondary N) is 1. The summed E-state index contributed by atoms with van der Waals surface area (Å²) in [5.74, 6) is 0. The molecule has 0 radical (unpaired) electrons. The van der Waals surface area contributed by atoms with E-state index in [0.717, 1.165) is 12.1 Å². The number of nitrogens with zero attached hydrogens (tertiary/aromatic N) is 1. The van der Waals surface area contributed by atoms with Crippen LogP contribution in [0.15, 0.2) is 27.8 Å². The number of H-pyrrole nitrogens is 1. The van der Waals surface area contributed by atoms with Gasteiger partial charge >= 0.3 is 17.3 Å². The van der Waals surface area contributed by atoms with Crippen LogP contribution in [-0.4, -0.2) is 9.07 Å². The highest BCUT2D eigenvalue weighted by atomic mass is 35.5. The first-order valence-corrected chi connectivity index (χ1v) is 4.67. The fraction of sp³-hybridized carbons (Fsp3) is 0.111. The van der Waals surface area contributed by atoms with Gasteiger partial charge in [-0.15, -0.1) is 0 Å². The van der Waals surface area contributed by atoms with Crippen molar-refractivity contribution in [3.63, 3.8) is 0 Å². The second kappa shape index (κ2) is 3.63. The monoisotopic (exact) mass is 264 g/mol. The van der Waals surface area contributed by atoms with Gasteiger partial charge in [0.15, 0.2) is 0 Å². The zero-order chi connectivity index (χ0) is 12.8. The maximum Gasteiger partial charge on any atom is 0.416 e. The van der Waals surface area contributed by atoms with E-state index >= 15 is 0 Å². The molecule has 0 unspecified atom stereocenters. The van der Waals surface area contributed by atoms with E-state index in [4.69, 9.17) is 11.8 Å². The van der Waals surface area contributed by atoms with Crippen LogP contribution in [0.3, 0.4) is 0 Å². The van der Waals surface area contributed by atoms with Gasteiger partial charge in [-0.1, -0.05) is 0 Å². The molecule has 1 aromatic carbocycles. The van der Waals surface area contributed by atoms with E-state index < -0.39 is 22.9 Å². The Hall–Kier alpha value is -1.76. The lowest BCUT2D eigenvalue weighted by molar-refractivity contribution is -0.137. The minimum absolute atomic E-state index is 0.0533. The van der Waals surface area contributed by atoms with E-state index in [9.17, 15) is 22.8 Å². The van der Waals surface area contributed by atoms with E-state index in [1.807, 2.05) is 0 Å². The predicted molar refractivity (Wildman–Crippen MR) is 55.1 cm³/mol. The Labute approximate surface area is 96.4 Å². The molecule has 0 aliphatic carbocycles. The van der Waals surface area contributed by atoms with E-state index in [1.165, 1.54) is 0 Å². The van der Waals surface area contributed by atoms with Crippen molar-refractivity contribution in [1.82, 2.24) is 9.07 Å². The molecule has 0 amide bonds. The largest absolute Gasteiger partial charge is 0.416 e. The minimum atomic E-state index is -4.54. The van der Waals surface area contributed by atoms with Crippen molar-refractivity contribution in [1.29, 1.82) is 0 Å². The normalized spacial score (nSPS) is 12.0. The Kier molecular flexibility index (Phi) is 2.50. The second-order valence-corrected chi connectivity index (χ2v) is 3.61. The number of rotatable bonds is 0. The summed E-state index contributed by atoms with van der Waals surface area (Å²) in [6, 6.07) is 2.52. The molecule has 0 saturated heterocycles. The van der Waals surface area contributed by atoms with Crippen molar-refractivity contribution in [3.8, 4) is 0 Å². The zero-order valence-corrected chi connectivity index (χ0v) is 8.76. The molecule has 2 aromatic rings. The first kappa shape index (κ1) is 11.7. The Balaban J connectivity index is 2.87. The number of fused-ring (bicyclic) bond motifs is 1. The maximum atomic E-state index is 12.4. The van der Waals surface area contributed by atoms with Gasteiger partial charge in [0.1, 0.15) is 0 Å². The van der Waals surface area contributed by atoms with Crippen LogP contribution in [0, 0.1) is 0 Å². The van der Waals surface area contributed by atoms with Crippen molar-refractivity contribution in [3.05, 3.63) is 44.5 Å². The highest BCUT2D eigenvalue weighted by Gasteiger charge is 2.30. The van der Waals surface area contributed by atoms with E-state index in [0.29, 0.717) is 10.2 Å². The fourth-order valence-electron chi connectivity index (χ4n) is 1.35. The third kappa shape index (κ3) is 1.93. The van der Waals surface area contributed by atoms with Gasteiger partial charge in [-0.05, 0) is 18.2 Å². The second-order valence-electron chi connectivity index (χ2n) is 3.27. The first-order valence-electron chi connectivity index (χ1n) is 4.33. The fourth-order valence-corrected chi connectivity index (χ4v) is 1.57. The smallest absolute Gasteiger partial charge is 0.316 e. The molecule has 1 N–H and O–H groups in total. The van der Waals surface area contributed by atoms with Gasteiger partial charge in [-0.25, -0.2) is 4.09 Å². The van der Waals surface area contributed by atoms with Crippen LogP contribution in [0.5, 0.6) is 0 Å². The molecule has 0 fully saturated rings. The van der Waals surface area contributed by atoms with Crippen LogP contribution in [0.4, 0.5) is 13.2 Å². The molecule has 0 aliphatic rings. The van der Waals surface area contributed by atoms with Gasteiger partial charge in [0.2, 0.25) is 0 Å². The number of hydrogen-bond acceptors (Lipinski definition) is 2. The average Bonchev–Trinajstić information content (AvgIpc) is 2.24. The lowest BCUT2D eigenvalue weighted by Crippen LogP contribution is -2.32.